The van der Waals surface area contributed by atoms with Gasteiger partial charge in [-0.25, -0.2) is 4.39 Å². The van der Waals surface area contributed by atoms with E-state index < -0.39 is 11.7 Å². The Kier molecular flexibility index (Phi) is 5.66. The van der Waals surface area contributed by atoms with Gasteiger partial charge in [-0.3, -0.25) is 14.6 Å². The zero-order chi connectivity index (χ0) is 15.1. The number of hydrogen-bond acceptors (Lipinski definition) is 3. The van der Waals surface area contributed by atoms with Gasteiger partial charge >= 0.3 is 0 Å². The summed E-state index contributed by atoms with van der Waals surface area (Å²) in [7, 11) is 0. The molecule has 1 aromatic rings. The second-order valence-electron chi connectivity index (χ2n) is 5.19. The topological polar surface area (TPSA) is 62.3 Å². The van der Waals surface area contributed by atoms with Crippen LogP contribution in [0.1, 0.15) is 42.5 Å². The van der Waals surface area contributed by atoms with Crippen molar-refractivity contribution in [3.63, 3.8) is 0 Å². The van der Waals surface area contributed by atoms with Crippen molar-refractivity contribution in [2.45, 2.75) is 32.1 Å². The van der Waals surface area contributed by atoms with Crippen LogP contribution in [0.3, 0.4) is 0 Å². The van der Waals surface area contributed by atoms with Crippen molar-refractivity contribution >= 4 is 11.8 Å². The summed E-state index contributed by atoms with van der Waals surface area (Å²) in [5, 5.41) is 2.62. The van der Waals surface area contributed by atoms with E-state index >= 15 is 0 Å². The fourth-order valence-corrected chi connectivity index (χ4v) is 2.40. The van der Waals surface area contributed by atoms with Crippen LogP contribution in [0.5, 0.6) is 0 Å². The first-order valence-corrected chi connectivity index (χ1v) is 7.33. The molecule has 2 heterocycles. The molecule has 1 aliphatic heterocycles. The average Bonchev–Trinajstić information content (AvgIpc) is 2.76. The summed E-state index contributed by atoms with van der Waals surface area (Å²) < 4.78 is 13.0. The van der Waals surface area contributed by atoms with Crippen LogP contribution in [0.4, 0.5) is 4.39 Å². The van der Waals surface area contributed by atoms with E-state index in [2.05, 4.69) is 10.3 Å². The lowest BCUT2D eigenvalue weighted by Gasteiger charge is -2.20. The number of amides is 2. The van der Waals surface area contributed by atoms with E-state index in [-0.39, 0.29) is 24.4 Å². The summed E-state index contributed by atoms with van der Waals surface area (Å²) in [6.07, 6.45) is 7.06. The van der Waals surface area contributed by atoms with E-state index in [1.807, 2.05) is 4.90 Å². The lowest BCUT2D eigenvalue weighted by Crippen LogP contribution is -2.35. The smallest absolute Gasteiger partial charge is 0.252 e. The van der Waals surface area contributed by atoms with Gasteiger partial charge in [-0.05, 0) is 18.9 Å². The molecular weight excluding hydrogens is 273 g/mol. The Morgan fingerprint density at radius 1 is 1.19 bits per heavy atom. The highest BCUT2D eigenvalue weighted by molar-refractivity contribution is 5.94. The van der Waals surface area contributed by atoms with Gasteiger partial charge in [-0.2, -0.15) is 0 Å². The Morgan fingerprint density at radius 2 is 1.90 bits per heavy atom. The monoisotopic (exact) mass is 293 g/mol. The Bertz CT molecular complexity index is 499. The predicted octanol–water partition coefficient (Wildman–Crippen LogP) is 1.74. The van der Waals surface area contributed by atoms with Gasteiger partial charge in [0.25, 0.3) is 5.91 Å². The fraction of sp³-hybridized carbons (Fsp3) is 0.533. The summed E-state index contributed by atoms with van der Waals surface area (Å²) in [5.74, 6) is -0.900. The van der Waals surface area contributed by atoms with Crippen LogP contribution in [-0.4, -0.2) is 41.3 Å². The third-order valence-corrected chi connectivity index (χ3v) is 3.55. The molecule has 0 radical (unpaired) electrons. The van der Waals surface area contributed by atoms with Crippen LogP contribution < -0.4 is 5.32 Å². The number of nitrogens with zero attached hydrogens (tertiary/aromatic N) is 2. The van der Waals surface area contributed by atoms with Crippen LogP contribution in [0.25, 0.3) is 0 Å². The number of carbonyl (C=O) groups excluding carboxylic acids is 2. The highest BCUT2D eigenvalue weighted by Gasteiger charge is 2.15. The molecule has 5 nitrogen and oxygen atoms in total. The normalized spacial score (nSPS) is 15.4. The molecule has 0 spiro atoms. The van der Waals surface area contributed by atoms with E-state index in [1.54, 1.807) is 0 Å². The van der Waals surface area contributed by atoms with Crippen LogP contribution in [0, 0.1) is 5.82 Å². The molecule has 114 valence electrons. The molecular formula is C15H20FN3O2. The molecule has 2 rings (SSSR count). The lowest BCUT2D eigenvalue weighted by molar-refractivity contribution is -0.131. The van der Waals surface area contributed by atoms with Crippen LogP contribution in [0.15, 0.2) is 18.5 Å². The molecule has 0 aliphatic carbocycles. The van der Waals surface area contributed by atoms with E-state index in [0.717, 1.165) is 38.2 Å². The summed E-state index contributed by atoms with van der Waals surface area (Å²) in [5.41, 5.74) is 0.164. The minimum Gasteiger partial charge on any atom is -0.351 e. The molecule has 1 aromatic heterocycles. The Labute approximate surface area is 123 Å². The Hall–Kier alpha value is -1.98. The van der Waals surface area contributed by atoms with E-state index in [1.165, 1.54) is 19.0 Å². The minimum atomic E-state index is -0.553. The van der Waals surface area contributed by atoms with Crippen molar-refractivity contribution in [2.24, 2.45) is 0 Å². The molecule has 1 saturated heterocycles. The third kappa shape index (κ3) is 4.81. The summed E-state index contributed by atoms with van der Waals surface area (Å²) in [4.78, 5) is 29.3. The van der Waals surface area contributed by atoms with Gasteiger partial charge in [-0.15, -0.1) is 0 Å². The molecule has 0 aromatic carbocycles. The van der Waals surface area contributed by atoms with Crippen LogP contribution in [0.2, 0.25) is 0 Å². The molecule has 0 bridgehead atoms. The minimum absolute atomic E-state index is 0.0644. The molecule has 0 unspecified atom stereocenters. The van der Waals surface area contributed by atoms with Crippen molar-refractivity contribution in [2.75, 3.05) is 19.6 Å². The summed E-state index contributed by atoms with van der Waals surface area (Å²) in [6, 6.07) is 1.12. The zero-order valence-electron chi connectivity index (χ0n) is 12.0. The predicted molar refractivity (Wildman–Crippen MR) is 76.2 cm³/mol. The molecule has 6 heteroatoms. The first kappa shape index (κ1) is 15.4. The number of halogens is 1. The largest absolute Gasteiger partial charge is 0.351 e. The van der Waals surface area contributed by atoms with Crippen molar-refractivity contribution in [3.8, 4) is 0 Å². The maximum absolute atomic E-state index is 13.0. The number of hydrogen-bond donors (Lipinski definition) is 1. The van der Waals surface area contributed by atoms with Gasteiger partial charge in [0.05, 0.1) is 11.8 Å². The first-order valence-electron chi connectivity index (χ1n) is 7.33. The second kappa shape index (κ2) is 7.71. The molecule has 1 N–H and O–H groups in total. The van der Waals surface area contributed by atoms with Gasteiger partial charge in [0.2, 0.25) is 5.91 Å². The van der Waals surface area contributed by atoms with Crippen molar-refractivity contribution in [3.05, 3.63) is 29.8 Å². The van der Waals surface area contributed by atoms with E-state index in [4.69, 9.17) is 0 Å². The van der Waals surface area contributed by atoms with Gasteiger partial charge in [0, 0.05) is 32.3 Å². The maximum Gasteiger partial charge on any atom is 0.252 e. The number of rotatable bonds is 4. The summed E-state index contributed by atoms with van der Waals surface area (Å²) in [6.45, 7) is 1.87. The summed E-state index contributed by atoms with van der Waals surface area (Å²) >= 11 is 0. The fourth-order valence-electron chi connectivity index (χ4n) is 2.40. The first-order chi connectivity index (χ1) is 10.2. The quantitative estimate of drug-likeness (QED) is 0.920. The van der Waals surface area contributed by atoms with Gasteiger partial charge in [0.15, 0.2) is 0 Å². The third-order valence-electron chi connectivity index (χ3n) is 3.55. The zero-order valence-corrected chi connectivity index (χ0v) is 12.0. The highest BCUT2D eigenvalue weighted by atomic mass is 19.1. The molecule has 2 amide bonds. The number of nitrogens with one attached hydrogen (secondary N) is 1. The van der Waals surface area contributed by atoms with E-state index in [9.17, 15) is 14.0 Å². The average molecular weight is 293 g/mol. The van der Waals surface area contributed by atoms with Crippen LogP contribution >= 0.6 is 0 Å². The number of pyridine rings is 1. The molecule has 0 atom stereocenters. The maximum atomic E-state index is 13.0. The van der Waals surface area contributed by atoms with Gasteiger partial charge < -0.3 is 10.2 Å². The molecule has 1 aliphatic rings. The van der Waals surface area contributed by atoms with Crippen LogP contribution in [-0.2, 0) is 4.79 Å². The lowest BCUT2D eigenvalue weighted by atomic mass is 10.2. The molecule has 21 heavy (non-hydrogen) atoms. The van der Waals surface area contributed by atoms with Crippen molar-refractivity contribution in [1.29, 1.82) is 0 Å². The van der Waals surface area contributed by atoms with Crippen molar-refractivity contribution < 1.29 is 14.0 Å². The van der Waals surface area contributed by atoms with Crippen molar-refractivity contribution in [1.82, 2.24) is 15.2 Å². The Morgan fingerprint density at radius 3 is 2.57 bits per heavy atom. The second-order valence-corrected chi connectivity index (χ2v) is 5.19. The van der Waals surface area contributed by atoms with Gasteiger partial charge in [-0.1, -0.05) is 12.8 Å². The molecule has 0 saturated carbocycles. The SMILES string of the molecule is O=C(NCCC(=O)N1CCCCCC1)c1cncc(F)c1. The number of carbonyl (C=O) groups is 2. The van der Waals surface area contributed by atoms with E-state index in [0.29, 0.717) is 0 Å². The highest BCUT2D eigenvalue weighted by Crippen LogP contribution is 2.10. The standard InChI is InChI=1S/C15H20FN3O2/c16-13-9-12(10-17-11-13)15(21)18-6-5-14(20)19-7-3-1-2-4-8-19/h9-11H,1-8H2,(H,18,21). The number of aromatic nitrogens is 1. The number of likely N-dealkylation sites (tertiary alicyclic amines) is 1. The van der Waals surface area contributed by atoms with Gasteiger partial charge in [0.1, 0.15) is 5.82 Å². The Balaban J connectivity index is 1.75. The molecule has 1 fully saturated rings.